The molecule has 5 atom stereocenters. The number of nitrogens with one attached hydrogen (secondary N) is 2. The number of carbonyl (C=O) groups is 3. The van der Waals surface area contributed by atoms with Crippen molar-refractivity contribution < 1.29 is 28.6 Å². The lowest BCUT2D eigenvalue weighted by atomic mass is 9.84. The van der Waals surface area contributed by atoms with Crippen molar-refractivity contribution in [2.75, 3.05) is 74.2 Å². The lowest BCUT2D eigenvalue weighted by Gasteiger charge is -2.44. The van der Waals surface area contributed by atoms with Crippen LogP contribution in [0.1, 0.15) is 82.9 Å². The summed E-state index contributed by atoms with van der Waals surface area (Å²) < 4.78 is 20.1. The molecule has 0 spiro atoms. The van der Waals surface area contributed by atoms with Gasteiger partial charge in [0.25, 0.3) is 12.4 Å². The van der Waals surface area contributed by atoms with Crippen LogP contribution in [0.15, 0.2) is 41.9 Å². The van der Waals surface area contributed by atoms with Crippen LogP contribution in [-0.2, 0) is 36.8 Å². The van der Waals surface area contributed by atoms with Gasteiger partial charge in [-0.3, -0.25) is 19.6 Å². The van der Waals surface area contributed by atoms with Gasteiger partial charge in [0.2, 0.25) is 0 Å². The normalized spacial score (nSPS) is 19.1. The fourth-order valence-electron chi connectivity index (χ4n) is 8.97. The number of methoxy groups -OCH3 is 1. The third kappa shape index (κ3) is 10.7. The molecule has 4 aromatic rings. The minimum Gasteiger partial charge on any atom is -0.467 e. The molecule has 0 unspecified atom stereocenters. The molecule has 3 amide bonds. The van der Waals surface area contributed by atoms with Crippen molar-refractivity contribution in [2.24, 2.45) is 5.41 Å². The van der Waals surface area contributed by atoms with Crippen molar-refractivity contribution in [1.82, 2.24) is 45.0 Å². The second-order valence-corrected chi connectivity index (χ2v) is 18.8. The highest BCUT2D eigenvalue weighted by molar-refractivity contribution is 7.10. The first-order chi connectivity index (χ1) is 29.7. The Bertz CT molecular complexity index is 2140. The molecule has 6 rings (SSSR count). The van der Waals surface area contributed by atoms with Crippen molar-refractivity contribution in [3.63, 3.8) is 0 Å². The number of aromatic nitrogens is 3. The predicted molar refractivity (Wildman–Crippen MR) is 244 cm³/mol. The zero-order valence-corrected chi connectivity index (χ0v) is 39.1. The minimum atomic E-state index is -1.04. The molecule has 0 saturated carbocycles. The SMILES string of the molecule is CCn1c(-c2cccnc2[C@H](C)OC)c(CC(C)(C)COC=O)c2cc(-c3csc([C@@H](OCCN(C)C)[C@H](NC(=O)N4[C@@H](C)CN(C)C[C@@H]4C)C(=O)N4CCCCN4)n3)ccc21. The number of hydrogen-bond donors (Lipinski definition) is 2. The first-order valence-electron chi connectivity index (χ1n) is 21.9. The summed E-state index contributed by atoms with van der Waals surface area (Å²) in [4.78, 5) is 56.4. The molecule has 0 aliphatic carbocycles. The van der Waals surface area contributed by atoms with Crippen molar-refractivity contribution in [3.05, 3.63) is 58.2 Å². The van der Waals surface area contributed by atoms with E-state index in [4.69, 9.17) is 24.2 Å². The van der Waals surface area contributed by atoms with Crippen LogP contribution in [-0.4, -0.2) is 145 Å². The summed E-state index contributed by atoms with van der Waals surface area (Å²) in [6.07, 6.45) is 3.13. The Kier molecular flexibility index (Phi) is 15.8. The molecule has 2 aliphatic heterocycles. The molecule has 2 saturated heterocycles. The van der Waals surface area contributed by atoms with E-state index in [2.05, 4.69) is 72.3 Å². The summed E-state index contributed by atoms with van der Waals surface area (Å²) in [7, 11) is 7.71. The number of piperazine rings is 1. The maximum Gasteiger partial charge on any atom is 0.318 e. The number of fused-ring (bicyclic) bond motifs is 1. The fraction of sp³-hybridized carbons (Fsp3) is 0.587. The summed E-state index contributed by atoms with van der Waals surface area (Å²) in [5.41, 5.74) is 9.54. The molecule has 16 heteroatoms. The number of nitrogens with zero attached hydrogens (tertiary/aromatic N) is 7. The van der Waals surface area contributed by atoms with Gasteiger partial charge in [-0.2, -0.15) is 0 Å². The molecule has 0 radical (unpaired) electrons. The lowest BCUT2D eigenvalue weighted by molar-refractivity contribution is -0.142. The summed E-state index contributed by atoms with van der Waals surface area (Å²) in [5.74, 6) is -0.252. The van der Waals surface area contributed by atoms with Crippen molar-refractivity contribution >= 4 is 40.7 Å². The summed E-state index contributed by atoms with van der Waals surface area (Å²) in [6, 6.07) is 9.04. The van der Waals surface area contributed by atoms with Crippen LogP contribution in [0.3, 0.4) is 0 Å². The van der Waals surface area contributed by atoms with Crippen molar-refractivity contribution in [3.8, 4) is 22.5 Å². The number of amides is 3. The van der Waals surface area contributed by atoms with Gasteiger partial charge in [-0.25, -0.2) is 15.2 Å². The Hall–Kier alpha value is -4.45. The monoisotopic (exact) mass is 873 g/mol. The first kappa shape index (κ1) is 47.0. The fourth-order valence-corrected chi connectivity index (χ4v) is 9.88. The third-order valence-electron chi connectivity index (χ3n) is 12.0. The van der Waals surface area contributed by atoms with Crippen molar-refractivity contribution in [1.29, 1.82) is 0 Å². The van der Waals surface area contributed by atoms with Crippen LogP contribution < -0.4 is 10.7 Å². The number of hydrazine groups is 1. The number of rotatable bonds is 18. The molecular weight excluding hydrogens is 807 g/mol. The van der Waals surface area contributed by atoms with E-state index in [0.29, 0.717) is 50.7 Å². The molecule has 0 bridgehead atoms. The Labute approximate surface area is 371 Å². The maximum absolute atomic E-state index is 14.6. The Morgan fingerprint density at radius 1 is 1.15 bits per heavy atom. The van der Waals surface area contributed by atoms with Crippen LogP contribution >= 0.6 is 11.3 Å². The number of aryl methyl sites for hydroxylation is 1. The van der Waals surface area contributed by atoms with Gasteiger partial charge in [-0.1, -0.05) is 19.9 Å². The molecular formula is C46H67N9O6S. The van der Waals surface area contributed by atoms with E-state index < -0.39 is 17.6 Å². The second-order valence-electron chi connectivity index (χ2n) is 17.9. The van der Waals surface area contributed by atoms with Crippen LogP contribution in [0.2, 0.25) is 0 Å². The Morgan fingerprint density at radius 3 is 2.56 bits per heavy atom. The number of pyridine rings is 1. The number of benzene rings is 1. The Balaban J connectivity index is 1.45. The molecule has 2 aliphatic rings. The number of hydrogen-bond acceptors (Lipinski definition) is 12. The molecule has 3 aromatic heterocycles. The molecule has 62 heavy (non-hydrogen) atoms. The highest BCUT2D eigenvalue weighted by Gasteiger charge is 2.41. The van der Waals surface area contributed by atoms with Gasteiger partial charge in [-0.15, -0.1) is 11.3 Å². The van der Waals surface area contributed by atoms with Crippen LogP contribution in [0, 0.1) is 5.41 Å². The van der Waals surface area contributed by atoms with E-state index in [0.717, 1.165) is 70.6 Å². The molecule has 2 fully saturated rings. The predicted octanol–water partition coefficient (Wildman–Crippen LogP) is 6.14. The standard InChI is InChI=1S/C46H67N9O6S/c1-11-53-38-17-16-33(23-35(38)36(24-46(5,6)28-60-29-56)41(53)34-15-14-18-47-39(34)32(4)59-10)37-27-62-43(49-37)42(61-22-21-51(7)8)40(44(57)54-20-13-12-19-48-54)50-45(58)55-30(2)25-52(9)26-31(55)3/h14-18,23,27,29-32,40,42,48H,11-13,19-22,24-26,28H2,1-10H3,(H,50,58)/t30-,31-,32-,40-,42-/m0/s1. The van der Waals surface area contributed by atoms with Crippen LogP contribution in [0.4, 0.5) is 4.79 Å². The van der Waals surface area contributed by atoms with Gasteiger partial charge in [-0.05, 0) is 97.9 Å². The molecule has 1 aromatic carbocycles. The molecule has 5 heterocycles. The van der Waals surface area contributed by atoms with E-state index >= 15 is 0 Å². The van der Waals surface area contributed by atoms with Crippen molar-refractivity contribution in [2.45, 2.75) is 97.7 Å². The Morgan fingerprint density at radius 2 is 1.90 bits per heavy atom. The average molecular weight is 874 g/mol. The van der Waals surface area contributed by atoms with Gasteiger partial charge in [0.1, 0.15) is 17.2 Å². The number of likely N-dealkylation sites (N-methyl/N-ethyl adjacent to an activating group) is 2. The number of urea groups is 1. The average Bonchev–Trinajstić information content (AvgIpc) is 3.85. The lowest BCUT2D eigenvalue weighted by Crippen LogP contribution is -2.64. The quantitative estimate of drug-likeness (QED) is 0.111. The third-order valence-corrected chi connectivity index (χ3v) is 12.9. The van der Waals surface area contributed by atoms with E-state index in [1.165, 1.54) is 11.3 Å². The zero-order valence-electron chi connectivity index (χ0n) is 38.3. The van der Waals surface area contributed by atoms with Crippen LogP contribution in [0.5, 0.6) is 0 Å². The highest BCUT2D eigenvalue weighted by atomic mass is 32.1. The van der Waals surface area contributed by atoms with Gasteiger partial charge < -0.3 is 38.8 Å². The number of ether oxygens (including phenoxy) is 3. The zero-order chi connectivity index (χ0) is 44.7. The molecule has 15 nitrogen and oxygen atoms in total. The topological polar surface area (TPSA) is 147 Å². The van der Waals surface area contributed by atoms with Gasteiger partial charge in [0.15, 0.2) is 0 Å². The number of thiazole rings is 1. The van der Waals surface area contributed by atoms with E-state index in [-0.39, 0.29) is 36.7 Å². The van der Waals surface area contributed by atoms with Gasteiger partial charge >= 0.3 is 6.03 Å². The molecule has 338 valence electrons. The smallest absolute Gasteiger partial charge is 0.318 e. The van der Waals surface area contributed by atoms with E-state index in [1.54, 1.807) is 18.3 Å². The maximum atomic E-state index is 14.6. The molecule has 2 N–H and O–H groups in total. The minimum absolute atomic E-state index is 0.0497. The first-order valence-corrected chi connectivity index (χ1v) is 22.8. The van der Waals surface area contributed by atoms with Crippen LogP contribution in [0.25, 0.3) is 33.4 Å². The summed E-state index contributed by atoms with van der Waals surface area (Å²) in [5, 5.41) is 8.47. The summed E-state index contributed by atoms with van der Waals surface area (Å²) >= 11 is 1.42. The second kappa shape index (κ2) is 20.8. The highest BCUT2D eigenvalue weighted by Crippen LogP contribution is 2.42. The largest absolute Gasteiger partial charge is 0.467 e. The van der Waals surface area contributed by atoms with Gasteiger partial charge in [0, 0.05) is 97.5 Å². The van der Waals surface area contributed by atoms with Gasteiger partial charge in [0.05, 0.1) is 36.4 Å². The summed E-state index contributed by atoms with van der Waals surface area (Å²) in [6.45, 7) is 17.5. The number of carbonyl (C=O) groups excluding carboxylic acids is 3. The van der Waals surface area contributed by atoms with E-state index in [1.807, 2.05) is 56.1 Å². The van der Waals surface area contributed by atoms with E-state index in [9.17, 15) is 14.4 Å².